The van der Waals surface area contributed by atoms with Crippen molar-refractivity contribution >= 4 is 39.1 Å². The van der Waals surface area contributed by atoms with Crippen molar-refractivity contribution in [1.82, 2.24) is 0 Å². The lowest BCUT2D eigenvalue weighted by atomic mass is 9.95. The van der Waals surface area contributed by atoms with Crippen LogP contribution in [-0.4, -0.2) is 5.84 Å². The molecule has 214 valence electrons. The fourth-order valence-corrected chi connectivity index (χ4v) is 5.83. The number of nitrogens with zero attached hydrogens (tertiary/aromatic N) is 2. The third-order valence-electron chi connectivity index (χ3n) is 8.03. The maximum absolute atomic E-state index is 8.33. The Bertz CT molecular complexity index is 2080. The lowest BCUT2D eigenvalue weighted by Crippen LogP contribution is -2.04. The Labute approximate surface area is 256 Å². The zero-order valence-corrected chi connectivity index (χ0v) is 24.5. The first-order valence-electron chi connectivity index (χ1n) is 14.9. The van der Waals surface area contributed by atoms with Crippen molar-refractivity contribution < 1.29 is 4.42 Å². The molecule has 0 saturated heterocycles. The van der Waals surface area contributed by atoms with Crippen molar-refractivity contribution in [1.29, 1.82) is 5.41 Å². The fraction of sp³-hybridized carbons (Fsp3) is 0.103. The first-order valence-corrected chi connectivity index (χ1v) is 14.9. The molecule has 0 fully saturated rings. The van der Waals surface area contributed by atoms with Crippen LogP contribution in [0.25, 0.3) is 44.2 Å². The number of furan rings is 1. The van der Waals surface area contributed by atoms with Gasteiger partial charge >= 0.3 is 0 Å². The Kier molecular flexibility index (Phi) is 7.43. The van der Waals surface area contributed by atoms with Crippen molar-refractivity contribution in [3.63, 3.8) is 0 Å². The normalized spacial score (nSPS) is 14.8. The van der Waals surface area contributed by atoms with Gasteiger partial charge in [0.25, 0.3) is 0 Å². The highest BCUT2D eigenvalue weighted by Gasteiger charge is 2.15. The zero-order valence-electron chi connectivity index (χ0n) is 24.5. The van der Waals surface area contributed by atoms with Crippen molar-refractivity contribution in [2.75, 3.05) is 5.32 Å². The number of hydrogen-bond donors (Lipinski definition) is 2. The molecule has 0 radical (unpaired) electrons. The van der Waals surface area contributed by atoms with E-state index in [9.17, 15) is 0 Å². The standard InChI is InChI=1S/C39H32N4O/c1-26-10-7-14-30(22-26)39(40)43-41-25-27-11-8-15-31(23-27)42-36-24-29(20-21-32(36)28-12-3-2-4-13-28)33-17-9-18-35-34-16-5-6-19-37(34)44-38(33)35/h2-21,23-24,26,40,42H,22,25H2,1H3. The van der Waals surface area contributed by atoms with E-state index in [2.05, 4.69) is 107 Å². The average molecular weight is 573 g/mol. The Morgan fingerprint density at radius 2 is 1.64 bits per heavy atom. The van der Waals surface area contributed by atoms with Crippen LogP contribution in [0.5, 0.6) is 0 Å². The first-order chi connectivity index (χ1) is 21.6. The van der Waals surface area contributed by atoms with Gasteiger partial charge in [0, 0.05) is 33.3 Å². The summed E-state index contributed by atoms with van der Waals surface area (Å²) in [5.74, 6) is 0.651. The molecule has 1 aliphatic rings. The molecular weight excluding hydrogens is 540 g/mol. The Balaban J connectivity index is 1.20. The summed E-state index contributed by atoms with van der Waals surface area (Å²) in [7, 11) is 0. The number of benzene rings is 5. The van der Waals surface area contributed by atoms with E-state index in [-0.39, 0.29) is 5.84 Å². The van der Waals surface area contributed by atoms with Gasteiger partial charge in [-0.05, 0) is 58.9 Å². The smallest absolute Gasteiger partial charge is 0.169 e. The second-order valence-electron chi connectivity index (χ2n) is 11.2. The second kappa shape index (κ2) is 12.0. The van der Waals surface area contributed by atoms with Gasteiger partial charge in [-0.3, -0.25) is 5.41 Å². The molecule has 1 aromatic heterocycles. The van der Waals surface area contributed by atoms with Crippen LogP contribution < -0.4 is 5.32 Å². The molecule has 5 heteroatoms. The van der Waals surface area contributed by atoms with Gasteiger partial charge in [-0.15, -0.1) is 5.11 Å². The molecule has 1 unspecified atom stereocenters. The van der Waals surface area contributed by atoms with Gasteiger partial charge < -0.3 is 9.73 Å². The average Bonchev–Trinajstić information content (AvgIpc) is 3.44. The summed E-state index contributed by atoms with van der Waals surface area (Å²) in [6.07, 6.45) is 6.92. The molecule has 6 aromatic rings. The molecule has 2 N–H and O–H groups in total. The molecule has 0 saturated carbocycles. The predicted molar refractivity (Wildman–Crippen MR) is 182 cm³/mol. The molecule has 5 aromatic carbocycles. The second-order valence-corrected chi connectivity index (χ2v) is 11.2. The molecule has 1 atom stereocenters. The van der Waals surface area contributed by atoms with Gasteiger partial charge in [-0.2, -0.15) is 5.11 Å². The van der Waals surface area contributed by atoms with Crippen molar-refractivity contribution in [2.45, 2.75) is 19.9 Å². The van der Waals surface area contributed by atoms with Gasteiger partial charge in [0.05, 0.1) is 6.54 Å². The third kappa shape index (κ3) is 5.60. The summed E-state index contributed by atoms with van der Waals surface area (Å²) in [6.45, 7) is 2.54. The van der Waals surface area contributed by atoms with E-state index in [1.807, 2.05) is 48.6 Å². The topological polar surface area (TPSA) is 73.7 Å². The van der Waals surface area contributed by atoms with Crippen LogP contribution in [0.3, 0.4) is 0 Å². The lowest BCUT2D eigenvalue weighted by molar-refractivity contribution is 0.670. The van der Waals surface area contributed by atoms with Crippen LogP contribution in [-0.2, 0) is 6.54 Å². The summed E-state index contributed by atoms with van der Waals surface area (Å²) < 4.78 is 6.36. The number of rotatable bonds is 7. The predicted octanol–water partition coefficient (Wildman–Crippen LogP) is 11.1. The van der Waals surface area contributed by atoms with Gasteiger partial charge in [0.15, 0.2) is 5.84 Å². The highest BCUT2D eigenvalue weighted by molar-refractivity contribution is 6.09. The van der Waals surface area contributed by atoms with E-state index in [4.69, 9.17) is 9.83 Å². The molecule has 7 rings (SSSR count). The van der Waals surface area contributed by atoms with Crippen molar-refractivity contribution in [3.8, 4) is 22.3 Å². The minimum absolute atomic E-state index is 0.235. The zero-order chi connectivity index (χ0) is 29.9. The number of azo groups is 1. The summed E-state index contributed by atoms with van der Waals surface area (Å²) in [5.41, 5.74) is 10.0. The largest absolute Gasteiger partial charge is 0.455 e. The number of anilines is 2. The Morgan fingerprint density at radius 3 is 2.52 bits per heavy atom. The molecule has 44 heavy (non-hydrogen) atoms. The molecule has 1 aliphatic carbocycles. The van der Waals surface area contributed by atoms with Crippen LogP contribution in [0.4, 0.5) is 11.4 Å². The van der Waals surface area contributed by atoms with E-state index < -0.39 is 0 Å². The molecule has 1 heterocycles. The number of nitrogens with one attached hydrogen (secondary N) is 2. The summed E-state index contributed by atoms with van der Waals surface area (Å²) >= 11 is 0. The SMILES string of the molecule is CC1C=CC=C(C(=N)N=NCc2cccc(Nc3cc(-c4cccc5c4oc4ccccc45)ccc3-c3ccccc3)c2)C1. The van der Waals surface area contributed by atoms with Crippen LogP contribution in [0.15, 0.2) is 154 Å². The Hall–Kier alpha value is -5.55. The number of para-hydroxylation sites is 2. The molecule has 0 aliphatic heterocycles. The minimum Gasteiger partial charge on any atom is -0.455 e. The maximum Gasteiger partial charge on any atom is 0.169 e. The van der Waals surface area contributed by atoms with Gasteiger partial charge in [-0.25, -0.2) is 0 Å². The van der Waals surface area contributed by atoms with E-state index in [0.29, 0.717) is 12.5 Å². The van der Waals surface area contributed by atoms with Crippen LogP contribution >= 0.6 is 0 Å². The molecule has 0 bridgehead atoms. The molecule has 0 spiro atoms. The van der Waals surface area contributed by atoms with E-state index in [0.717, 1.165) is 73.1 Å². The van der Waals surface area contributed by atoms with Gasteiger partial charge in [0.1, 0.15) is 11.2 Å². The monoisotopic (exact) mass is 572 g/mol. The third-order valence-corrected chi connectivity index (χ3v) is 8.03. The lowest BCUT2D eigenvalue weighted by Gasteiger charge is -2.15. The van der Waals surface area contributed by atoms with Crippen LogP contribution in [0.1, 0.15) is 18.9 Å². The van der Waals surface area contributed by atoms with Crippen molar-refractivity contribution in [3.05, 3.63) is 145 Å². The number of hydrogen-bond acceptors (Lipinski definition) is 4. The summed E-state index contributed by atoms with van der Waals surface area (Å²) in [6, 6.07) is 39.7. The minimum atomic E-state index is 0.235. The van der Waals surface area contributed by atoms with E-state index >= 15 is 0 Å². The molecule has 0 amide bonds. The summed E-state index contributed by atoms with van der Waals surface area (Å²) in [4.78, 5) is 0. The fourth-order valence-electron chi connectivity index (χ4n) is 5.83. The number of allylic oxidation sites excluding steroid dienone is 3. The highest BCUT2D eigenvalue weighted by atomic mass is 16.3. The highest BCUT2D eigenvalue weighted by Crippen LogP contribution is 2.39. The number of fused-ring (bicyclic) bond motifs is 3. The maximum atomic E-state index is 8.33. The van der Waals surface area contributed by atoms with Gasteiger partial charge in [0.2, 0.25) is 0 Å². The first kappa shape index (κ1) is 27.3. The molecular formula is C39H32N4O. The Morgan fingerprint density at radius 1 is 0.818 bits per heavy atom. The van der Waals surface area contributed by atoms with E-state index in [1.165, 1.54) is 0 Å². The molecule has 5 nitrogen and oxygen atoms in total. The quantitative estimate of drug-likeness (QED) is 0.113. The van der Waals surface area contributed by atoms with E-state index in [1.54, 1.807) is 0 Å². The number of amidine groups is 1. The van der Waals surface area contributed by atoms with Gasteiger partial charge in [-0.1, -0.05) is 116 Å². The van der Waals surface area contributed by atoms with Crippen molar-refractivity contribution in [2.24, 2.45) is 16.1 Å². The summed E-state index contributed by atoms with van der Waals surface area (Å²) in [5, 5.41) is 22.8. The van der Waals surface area contributed by atoms with Crippen LogP contribution in [0, 0.1) is 11.3 Å². The van der Waals surface area contributed by atoms with Crippen LogP contribution in [0.2, 0.25) is 0 Å².